The van der Waals surface area contributed by atoms with Crippen molar-refractivity contribution in [3.8, 4) is 0 Å². The SMILES string of the molecule is CCC(Cc1cn(CCCCCCCNC)nn1)OC. The minimum atomic E-state index is 0.257. The summed E-state index contributed by atoms with van der Waals surface area (Å²) in [6.07, 6.45) is 10.5. The van der Waals surface area contributed by atoms with E-state index in [9.17, 15) is 0 Å². The summed E-state index contributed by atoms with van der Waals surface area (Å²) < 4.78 is 7.34. The van der Waals surface area contributed by atoms with E-state index in [1.165, 1.54) is 32.1 Å². The van der Waals surface area contributed by atoms with Crippen molar-refractivity contribution >= 4 is 0 Å². The minimum Gasteiger partial charge on any atom is -0.381 e. The van der Waals surface area contributed by atoms with Gasteiger partial charge in [-0.05, 0) is 32.9 Å². The Bertz CT molecular complexity index is 336. The van der Waals surface area contributed by atoms with E-state index in [0.29, 0.717) is 0 Å². The molecule has 116 valence electrons. The Morgan fingerprint density at radius 2 is 2.00 bits per heavy atom. The maximum atomic E-state index is 5.38. The lowest BCUT2D eigenvalue weighted by molar-refractivity contribution is 0.0990. The highest BCUT2D eigenvalue weighted by Crippen LogP contribution is 2.07. The van der Waals surface area contributed by atoms with Gasteiger partial charge in [-0.25, -0.2) is 0 Å². The van der Waals surface area contributed by atoms with E-state index in [4.69, 9.17) is 4.74 Å². The summed E-state index contributed by atoms with van der Waals surface area (Å²) in [6.45, 7) is 4.24. The lowest BCUT2D eigenvalue weighted by Crippen LogP contribution is -2.12. The number of hydrogen-bond donors (Lipinski definition) is 1. The topological polar surface area (TPSA) is 52.0 Å². The van der Waals surface area contributed by atoms with E-state index in [2.05, 4.69) is 28.7 Å². The van der Waals surface area contributed by atoms with E-state index < -0.39 is 0 Å². The third-order valence-corrected chi connectivity index (χ3v) is 3.63. The second-order valence-electron chi connectivity index (χ2n) is 5.31. The van der Waals surface area contributed by atoms with Crippen LogP contribution in [0, 0.1) is 0 Å². The first-order valence-corrected chi connectivity index (χ1v) is 7.86. The quantitative estimate of drug-likeness (QED) is 0.598. The minimum absolute atomic E-state index is 0.257. The summed E-state index contributed by atoms with van der Waals surface area (Å²) in [5.74, 6) is 0. The zero-order valence-electron chi connectivity index (χ0n) is 13.3. The van der Waals surface area contributed by atoms with Crippen LogP contribution in [0.25, 0.3) is 0 Å². The molecule has 0 aliphatic carbocycles. The molecule has 5 heteroatoms. The zero-order chi connectivity index (χ0) is 14.6. The van der Waals surface area contributed by atoms with Crippen LogP contribution in [0.2, 0.25) is 0 Å². The molecule has 0 saturated heterocycles. The standard InChI is InChI=1S/C15H30N4O/c1-4-15(20-3)12-14-13-19(18-17-14)11-9-7-5-6-8-10-16-2/h13,15-16H,4-12H2,1-3H3. The highest BCUT2D eigenvalue weighted by Gasteiger charge is 2.08. The molecule has 0 saturated carbocycles. The third-order valence-electron chi connectivity index (χ3n) is 3.63. The van der Waals surface area contributed by atoms with Crippen LogP contribution in [0.4, 0.5) is 0 Å². The van der Waals surface area contributed by atoms with E-state index in [-0.39, 0.29) is 6.10 Å². The second-order valence-corrected chi connectivity index (χ2v) is 5.31. The van der Waals surface area contributed by atoms with Crippen molar-refractivity contribution in [1.82, 2.24) is 20.3 Å². The Hall–Kier alpha value is -0.940. The highest BCUT2D eigenvalue weighted by molar-refractivity contribution is 4.94. The molecule has 1 rings (SSSR count). The van der Waals surface area contributed by atoms with E-state index in [0.717, 1.165) is 31.6 Å². The predicted octanol–water partition coefficient (Wildman–Crippen LogP) is 2.42. The Kier molecular flexibility index (Phi) is 9.24. The number of aryl methyl sites for hydroxylation is 1. The van der Waals surface area contributed by atoms with Gasteiger partial charge in [-0.15, -0.1) is 5.10 Å². The number of unbranched alkanes of at least 4 members (excludes halogenated alkanes) is 4. The molecule has 1 atom stereocenters. The predicted molar refractivity (Wildman–Crippen MR) is 81.8 cm³/mol. The fourth-order valence-corrected chi connectivity index (χ4v) is 2.27. The molecule has 1 unspecified atom stereocenters. The summed E-state index contributed by atoms with van der Waals surface area (Å²) in [6, 6.07) is 0. The largest absolute Gasteiger partial charge is 0.381 e. The van der Waals surface area contributed by atoms with Crippen molar-refractivity contribution in [3.05, 3.63) is 11.9 Å². The fraction of sp³-hybridized carbons (Fsp3) is 0.867. The summed E-state index contributed by atoms with van der Waals surface area (Å²) in [7, 11) is 3.77. The molecule has 0 fully saturated rings. The number of methoxy groups -OCH3 is 1. The molecule has 0 amide bonds. The van der Waals surface area contributed by atoms with Crippen molar-refractivity contribution in [2.45, 2.75) is 64.5 Å². The normalized spacial score (nSPS) is 12.8. The molecular formula is C15H30N4O. The van der Waals surface area contributed by atoms with Crippen LogP contribution in [0.15, 0.2) is 6.20 Å². The Labute approximate surface area is 123 Å². The molecule has 0 aromatic carbocycles. The Morgan fingerprint density at radius 1 is 1.25 bits per heavy atom. The molecule has 1 aromatic heterocycles. The number of nitrogens with one attached hydrogen (secondary N) is 1. The van der Waals surface area contributed by atoms with Crippen LogP contribution in [0.5, 0.6) is 0 Å². The van der Waals surface area contributed by atoms with Crippen LogP contribution in [0.1, 0.15) is 51.1 Å². The van der Waals surface area contributed by atoms with Crippen LogP contribution in [0.3, 0.4) is 0 Å². The maximum Gasteiger partial charge on any atom is 0.0852 e. The first kappa shape index (κ1) is 17.1. The molecular weight excluding hydrogens is 252 g/mol. The molecule has 0 aliphatic rings. The molecule has 5 nitrogen and oxygen atoms in total. The molecule has 1 aromatic rings. The lowest BCUT2D eigenvalue weighted by Gasteiger charge is -2.09. The second kappa shape index (κ2) is 10.8. The van der Waals surface area contributed by atoms with Gasteiger partial charge in [0.25, 0.3) is 0 Å². The number of hydrogen-bond acceptors (Lipinski definition) is 4. The molecule has 0 bridgehead atoms. The first-order valence-electron chi connectivity index (χ1n) is 7.86. The molecule has 0 aliphatic heterocycles. The van der Waals surface area contributed by atoms with Crippen molar-refractivity contribution < 1.29 is 4.74 Å². The Morgan fingerprint density at radius 3 is 2.70 bits per heavy atom. The van der Waals surface area contributed by atoms with Crippen LogP contribution < -0.4 is 5.32 Å². The maximum absolute atomic E-state index is 5.38. The number of aromatic nitrogens is 3. The lowest BCUT2D eigenvalue weighted by atomic mass is 10.1. The van der Waals surface area contributed by atoms with E-state index in [1.807, 2.05) is 11.7 Å². The molecule has 1 N–H and O–H groups in total. The fourth-order valence-electron chi connectivity index (χ4n) is 2.27. The van der Waals surface area contributed by atoms with Gasteiger partial charge >= 0.3 is 0 Å². The van der Waals surface area contributed by atoms with E-state index in [1.54, 1.807) is 7.11 Å². The number of nitrogens with zero attached hydrogens (tertiary/aromatic N) is 3. The van der Waals surface area contributed by atoms with Crippen molar-refractivity contribution in [1.29, 1.82) is 0 Å². The zero-order valence-corrected chi connectivity index (χ0v) is 13.3. The summed E-state index contributed by atoms with van der Waals surface area (Å²) >= 11 is 0. The monoisotopic (exact) mass is 282 g/mol. The van der Waals surface area contributed by atoms with Crippen LogP contribution in [-0.2, 0) is 17.7 Å². The third kappa shape index (κ3) is 7.01. The van der Waals surface area contributed by atoms with Gasteiger partial charge in [0.15, 0.2) is 0 Å². The number of rotatable bonds is 12. The highest BCUT2D eigenvalue weighted by atomic mass is 16.5. The van der Waals surface area contributed by atoms with Gasteiger partial charge in [-0.2, -0.15) is 0 Å². The average molecular weight is 282 g/mol. The molecule has 0 radical (unpaired) electrons. The molecule has 0 spiro atoms. The summed E-state index contributed by atoms with van der Waals surface area (Å²) in [5.41, 5.74) is 1.03. The van der Waals surface area contributed by atoms with Gasteiger partial charge in [0.1, 0.15) is 0 Å². The summed E-state index contributed by atoms with van der Waals surface area (Å²) in [5, 5.41) is 11.6. The van der Waals surface area contributed by atoms with E-state index >= 15 is 0 Å². The Balaban J connectivity index is 2.14. The van der Waals surface area contributed by atoms with Gasteiger partial charge in [-0.3, -0.25) is 4.68 Å². The van der Waals surface area contributed by atoms with Crippen molar-refractivity contribution in [2.24, 2.45) is 0 Å². The van der Waals surface area contributed by atoms with Gasteiger partial charge in [0, 0.05) is 26.3 Å². The van der Waals surface area contributed by atoms with Crippen LogP contribution in [-0.4, -0.2) is 41.8 Å². The molecule has 20 heavy (non-hydrogen) atoms. The van der Waals surface area contributed by atoms with Gasteiger partial charge in [0.05, 0.1) is 11.8 Å². The average Bonchev–Trinajstić information content (AvgIpc) is 2.91. The number of ether oxygens (including phenoxy) is 1. The van der Waals surface area contributed by atoms with Crippen LogP contribution >= 0.6 is 0 Å². The molecule has 1 heterocycles. The first-order chi connectivity index (χ1) is 9.80. The van der Waals surface area contributed by atoms with Crippen molar-refractivity contribution in [2.75, 3.05) is 20.7 Å². The summed E-state index contributed by atoms with van der Waals surface area (Å²) in [4.78, 5) is 0. The smallest absolute Gasteiger partial charge is 0.0852 e. The van der Waals surface area contributed by atoms with Crippen molar-refractivity contribution in [3.63, 3.8) is 0 Å². The van der Waals surface area contributed by atoms with Gasteiger partial charge < -0.3 is 10.1 Å². The van der Waals surface area contributed by atoms with Gasteiger partial charge in [-0.1, -0.05) is 31.4 Å². The van der Waals surface area contributed by atoms with Gasteiger partial charge in [0.2, 0.25) is 0 Å².